The van der Waals surface area contributed by atoms with Crippen LogP contribution in [-0.2, 0) is 15.6 Å². The summed E-state index contributed by atoms with van der Waals surface area (Å²) in [5.41, 5.74) is 0.929. The molecule has 0 heterocycles. The van der Waals surface area contributed by atoms with E-state index in [-0.39, 0.29) is 5.04 Å². The van der Waals surface area contributed by atoms with E-state index in [1.54, 1.807) is 13.3 Å². The first kappa shape index (κ1) is 19.0. The molecule has 1 rings (SSSR count). The van der Waals surface area contributed by atoms with Crippen LogP contribution in [0.1, 0.15) is 26.3 Å². The van der Waals surface area contributed by atoms with Gasteiger partial charge < -0.3 is 8.95 Å². The molecule has 3 nitrogen and oxygen atoms in total. The lowest BCUT2D eigenvalue weighted by molar-refractivity contribution is 0.273. The first-order valence-corrected chi connectivity index (χ1v) is 13.2. The first-order valence-electron chi connectivity index (χ1n) is 6.99. The van der Waals surface area contributed by atoms with Crippen molar-refractivity contribution >= 4 is 31.6 Å². The van der Waals surface area contributed by atoms with E-state index in [1.807, 2.05) is 18.2 Å². The lowest BCUT2D eigenvalue weighted by Gasteiger charge is -2.36. The van der Waals surface area contributed by atoms with Gasteiger partial charge in [0.1, 0.15) is 5.75 Å². The highest BCUT2D eigenvalue weighted by Crippen LogP contribution is 2.42. The summed E-state index contributed by atoms with van der Waals surface area (Å²) in [7, 11) is -4.41. The third-order valence-electron chi connectivity index (χ3n) is 3.74. The maximum Gasteiger partial charge on any atom is 0.242 e. The van der Waals surface area contributed by atoms with Crippen LogP contribution < -0.4 is 4.52 Å². The van der Waals surface area contributed by atoms with Crippen molar-refractivity contribution in [2.24, 2.45) is 0 Å². The fourth-order valence-electron chi connectivity index (χ4n) is 1.46. The predicted molar refractivity (Wildman–Crippen MR) is 96.2 cm³/mol. The van der Waals surface area contributed by atoms with E-state index >= 15 is 0 Å². The maximum atomic E-state index is 11.9. The molecule has 6 heteroatoms. The van der Waals surface area contributed by atoms with Crippen LogP contribution in [0, 0.1) is 0 Å². The van der Waals surface area contributed by atoms with E-state index in [1.165, 1.54) is 0 Å². The Labute approximate surface area is 138 Å². The van der Waals surface area contributed by atoms with Gasteiger partial charge in [0.2, 0.25) is 7.37 Å². The van der Waals surface area contributed by atoms with Crippen LogP contribution in [0.25, 0.3) is 0 Å². The van der Waals surface area contributed by atoms with Gasteiger partial charge in [0.15, 0.2) is 8.32 Å². The van der Waals surface area contributed by atoms with E-state index < -0.39 is 15.7 Å². The van der Waals surface area contributed by atoms with Crippen molar-refractivity contribution in [1.29, 1.82) is 0 Å². The lowest BCUT2D eigenvalue weighted by atomic mass is 10.2. The second-order valence-electron chi connectivity index (χ2n) is 7.14. The molecule has 1 aromatic carbocycles. The molecule has 0 aliphatic heterocycles. The summed E-state index contributed by atoms with van der Waals surface area (Å²) in [6.45, 7) is 14.8. The SMILES string of the molecule is CC(C)(C)[Si](C)(C)OCc1cc(Br)ccc1OP(C)(C)=O. The van der Waals surface area contributed by atoms with Crippen molar-refractivity contribution < 1.29 is 13.5 Å². The Balaban J connectivity index is 2.97. The summed E-state index contributed by atoms with van der Waals surface area (Å²) in [5, 5.41) is 0.158. The lowest BCUT2D eigenvalue weighted by Crippen LogP contribution is -2.40. The molecule has 1 aromatic rings. The first-order chi connectivity index (χ1) is 9.32. The summed E-state index contributed by atoms with van der Waals surface area (Å²) in [6.07, 6.45) is 0. The molecule has 0 aromatic heterocycles. The summed E-state index contributed by atoms with van der Waals surface area (Å²) >= 11 is 3.47. The molecule has 0 fully saturated rings. The largest absolute Gasteiger partial charge is 0.443 e. The highest BCUT2D eigenvalue weighted by atomic mass is 79.9. The normalized spacial score (nSPS) is 13.3. The Kier molecular flexibility index (Phi) is 5.93. The van der Waals surface area contributed by atoms with Gasteiger partial charge in [0.25, 0.3) is 0 Å². The van der Waals surface area contributed by atoms with Gasteiger partial charge in [-0.25, -0.2) is 0 Å². The summed E-state index contributed by atoms with van der Waals surface area (Å²) in [6, 6.07) is 5.70. The number of hydrogen-bond acceptors (Lipinski definition) is 3. The fourth-order valence-corrected chi connectivity index (χ4v) is 3.47. The Morgan fingerprint density at radius 2 is 1.81 bits per heavy atom. The molecule has 0 spiro atoms. The summed E-state index contributed by atoms with van der Waals surface area (Å²) in [4.78, 5) is 0. The summed E-state index contributed by atoms with van der Waals surface area (Å²) in [5.74, 6) is 0.644. The van der Waals surface area contributed by atoms with Gasteiger partial charge in [0.05, 0.1) is 6.61 Å². The van der Waals surface area contributed by atoms with Crippen LogP contribution in [0.5, 0.6) is 5.75 Å². The van der Waals surface area contributed by atoms with Crippen molar-refractivity contribution in [3.63, 3.8) is 0 Å². The smallest absolute Gasteiger partial charge is 0.242 e. The van der Waals surface area contributed by atoms with Gasteiger partial charge in [-0.3, -0.25) is 4.57 Å². The molecule has 120 valence electrons. The van der Waals surface area contributed by atoms with Crippen LogP contribution in [0.15, 0.2) is 22.7 Å². The second kappa shape index (κ2) is 6.57. The molecular weight excluding hydrogens is 367 g/mol. The number of halogens is 1. The Morgan fingerprint density at radius 3 is 2.29 bits per heavy atom. The minimum atomic E-state index is -2.59. The zero-order valence-corrected chi connectivity index (χ0v) is 17.5. The van der Waals surface area contributed by atoms with Crippen LogP contribution in [-0.4, -0.2) is 21.6 Å². The number of rotatable bonds is 5. The fraction of sp³-hybridized carbons (Fsp3) is 0.600. The van der Waals surface area contributed by atoms with E-state index in [0.717, 1.165) is 10.0 Å². The maximum absolute atomic E-state index is 11.9. The third-order valence-corrected chi connectivity index (χ3v) is 9.34. The van der Waals surface area contributed by atoms with Crippen molar-refractivity contribution in [2.75, 3.05) is 13.3 Å². The Hall–Kier alpha value is -0.0931. The zero-order valence-electron chi connectivity index (χ0n) is 14.0. The highest BCUT2D eigenvalue weighted by Gasteiger charge is 2.37. The van der Waals surface area contributed by atoms with Gasteiger partial charge in [-0.2, -0.15) is 0 Å². The van der Waals surface area contributed by atoms with Gasteiger partial charge in [-0.1, -0.05) is 36.7 Å². The van der Waals surface area contributed by atoms with Gasteiger partial charge in [-0.05, 0) is 36.3 Å². The van der Waals surface area contributed by atoms with Gasteiger partial charge in [0, 0.05) is 23.4 Å². The molecule has 0 radical (unpaired) electrons. The standard InChI is InChI=1S/C15H26BrO3PSi/c1-15(2,3)21(6,7)18-11-12-10-13(16)8-9-14(12)19-20(4,5)17/h8-10H,11H2,1-7H3. The van der Waals surface area contributed by atoms with Gasteiger partial charge >= 0.3 is 0 Å². The molecule has 0 bridgehead atoms. The van der Waals surface area contributed by atoms with Crippen molar-refractivity contribution in [3.8, 4) is 5.75 Å². The Morgan fingerprint density at radius 1 is 1.24 bits per heavy atom. The molecule has 0 aliphatic rings. The van der Waals surface area contributed by atoms with E-state index in [2.05, 4.69) is 49.8 Å². The topological polar surface area (TPSA) is 35.5 Å². The number of benzene rings is 1. The molecule has 0 N–H and O–H groups in total. The molecular formula is C15H26BrO3PSi. The van der Waals surface area contributed by atoms with Crippen molar-refractivity contribution in [2.45, 2.75) is 45.5 Å². The van der Waals surface area contributed by atoms with Crippen LogP contribution >= 0.6 is 23.3 Å². The monoisotopic (exact) mass is 392 g/mol. The third kappa shape index (κ3) is 5.89. The molecule has 0 amide bonds. The van der Waals surface area contributed by atoms with Gasteiger partial charge in [-0.15, -0.1) is 0 Å². The number of hydrogen-bond donors (Lipinski definition) is 0. The average molecular weight is 393 g/mol. The molecule has 0 saturated heterocycles. The zero-order chi connectivity index (χ0) is 16.5. The highest BCUT2D eigenvalue weighted by molar-refractivity contribution is 9.10. The van der Waals surface area contributed by atoms with Crippen LogP contribution in [0.3, 0.4) is 0 Å². The predicted octanol–water partition coefficient (Wildman–Crippen LogP) is 5.89. The van der Waals surface area contributed by atoms with E-state index in [0.29, 0.717) is 12.4 Å². The van der Waals surface area contributed by atoms with Crippen molar-refractivity contribution in [3.05, 3.63) is 28.2 Å². The van der Waals surface area contributed by atoms with Crippen molar-refractivity contribution in [1.82, 2.24) is 0 Å². The van der Waals surface area contributed by atoms with Crippen LogP contribution in [0.4, 0.5) is 0 Å². The van der Waals surface area contributed by atoms with Crippen LogP contribution in [0.2, 0.25) is 18.1 Å². The van der Waals surface area contributed by atoms with E-state index in [9.17, 15) is 4.57 Å². The minimum absolute atomic E-state index is 0.158. The second-order valence-corrected chi connectivity index (χ2v) is 15.6. The Bertz CT molecular complexity index is 546. The summed E-state index contributed by atoms with van der Waals surface area (Å²) < 4.78 is 24.7. The molecule has 0 saturated carbocycles. The molecule has 21 heavy (non-hydrogen) atoms. The van der Waals surface area contributed by atoms with E-state index in [4.69, 9.17) is 8.95 Å². The quantitative estimate of drug-likeness (QED) is 0.462. The molecule has 0 atom stereocenters. The minimum Gasteiger partial charge on any atom is -0.443 e. The average Bonchev–Trinajstić information content (AvgIpc) is 2.26. The molecule has 0 aliphatic carbocycles. The molecule has 0 unspecified atom stereocenters.